The normalized spacial score (nSPS) is 19.6. The quantitative estimate of drug-likeness (QED) is 0.718. The lowest BCUT2D eigenvalue weighted by Crippen LogP contribution is -2.27. The van der Waals surface area contributed by atoms with Gasteiger partial charge in [0.15, 0.2) is 0 Å². The number of nitrogens with one attached hydrogen (secondary N) is 1. The van der Waals surface area contributed by atoms with Crippen LogP contribution in [0.25, 0.3) is 0 Å². The zero-order valence-corrected chi connectivity index (χ0v) is 9.39. The van der Waals surface area contributed by atoms with Gasteiger partial charge >= 0.3 is 0 Å². The van der Waals surface area contributed by atoms with E-state index in [1.54, 1.807) is 0 Å². The average molecular weight is 221 g/mol. The summed E-state index contributed by atoms with van der Waals surface area (Å²) in [4.78, 5) is 0. The molecule has 0 spiro atoms. The highest BCUT2D eigenvalue weighted by atomic mass is 16.3. The van der Waals surface area contributed by atoms with Gasteiger partial charge in [-0.25, -0.2) is 0 Å². The van der Waals surface area contributed by atoms with Crippen molar-refractivity contribution in [2.24, 2.45) is 0 Å². The van der Waals surface area contributed by atoms with E-state index in [9.17, 15) is 5.11 Å². The summed E-state index contributed by atoms with van der Waals surface area (Å²) in [6, 6.07) is 7.91. The zero-order valence-electron chi connectivity index (χ0n) is 9.39. The van der Waals surface area contributed by atoms with Gasteiger partial charge in [-0.2, -0.15) is 0 Å². The largest absolute Gasteiger partial charge is 0.393 e. The Morgan fingerprint density at radius 2 is 1.94 bits per heavy atom. The van der Waals surface area contributed by atoms with Crippen LogP contribution in [0.1, 0.15) is 36.0 Å². The molecule has 0 aromatic heterocycles. The minimum absolute atomic E-state index is 0.206. The molecule has 1 unspecified atom stereocenters. The van der Waals surface area contributed by atoms with Gasteiger partial charge in [0.05, 0.1) is 6.61 Å². The van der Waals surface area contributed by atoms with E-state index in [1.807, 2.05) is 18.2 Å². The van der Waals surface area contributed by atoms with E-state index in [-0.39, 0.29) is 6.61 Å². The Hall–Kier alpha value is -0.900. The lowest BCUT2D eigenvalue weighted by molar-refractivity contribution is 0.0944. The molecule has 3 N–H and O–H groups in total. The fourth-order valence-electron chi connectivity index (χ4n) is 2.42. The molecule has 1 heterocycles. The van der Waals surface area contributed by atoms with E-state index < -0.39 is 6.10 Å². The van der Waals surface area contributed by atoms with Gasteiger partial charge in [0.25, 0.3) is 0 Å². The van der Waals surface area contributed by atoms with Crippen LogP contribution in [0.5, 0.6) is 0 Å². The maximum atomic E-state index is 9.78. The van der Waals surface area contributed by atoms with Crippen molar-refractivity contribution in [1.29, 1.82) is 0 Å². The maximum Gasteiger partial charge on any atom is 0.102 e. The Kier molecular flexibility index (Phi) is 3.93. The van der Waals surface area contributed by atoms with Gasteiger partial charge < -0.3 is 15.5 Å². The minimum Gasteiger partial charge on any atom is -0.393 e. The summed E-state index contributed by atoms with van der Waals surface area (Å²) in [7, 11) is 0. The molecular formula is C13H19NO2. The van der Waals surface area contributed by atoms with Crippen LogP contribution < -0.4 is 5.32 Å². The summed E-state index contributed by atoms with van der Waals surface area (Å²) in [6.45, 7) is 1.87. The summed E-state index contributed by atoms with van der Waals surface area (Å²) in [5.41, 5.74) is 2.09. The van der Waals surface area contributed by atoms with E-state index in [0.29, 0.717) is 5.92 Å². The fourth-order valence-corrected chi connectivity index (χ4v) is 2.42. The lowest BCUT2D eigenvalue weighted by Gasteiger charge is -2.26. The van der Waals surface area contributed by atoms with E-state index in [2.05, 4.69) is 11.4 Å². The van der Waals surface area contributed by atoms with Crippen molar-refractivity contribution in [1.82, 2.24) is 5.32 Å². The number of aliphatic hydroxyl groups is 2. The third kappa shape index (κ3) is 2.43. The number of piperidine rings is 1. The molecule has 88 valence electrons. The first-order valence-corrected chi connectivity index (χ1v) is 5.91. The van der Waals surface area contributed by atoms with Crippen LogP contribution >= 0.6 is 0 Å². The molecule has 1 aliphatic heterocycles. The van der Waals surface area contributed by atoms with Gasteiger partial charge in [-0.1, -0.05) is 24.3 Å². The third-order valence-electron chi connectivity index (χ3n) is 3.31. The number of rotatable bonds is 3. The number of hydrogen-bond donors (Lipinski definition) is 3. The standard InChI is InChI=1S/C13H19NO2/c15-9-13(16)12-4-2-1-3-11(12)10-5-7-14-8-6-10/h1-4,10,13-16H,5-9H2. The molecule has 0 radical (unpaired) electrons. The number of hydrogen-bond acceptors (Lipinski definition) is 3. The van der Waals surface area contributed by atoms with Crippen molar-refractivity contribution in [2.75, 3.05) is 19.7 Å². The Morgan fingerprint density at radius 3 is 2.62 bits per heavy atom. The van der Waals surface area contributed by atoms with Gasteiger partial charge in [-0.05, 0) is 43.0 Å². The maximum absolute atomic E-state index is 9.78. The van der Waals surface area contributed by atoms with Crippen LogP contribution in [-0.4, -0.2) is 29.9 Å². The SMILES string of the molecule is OCC(O)c1ccccc1C1CCNCC1. The van der Waals surface area contributed by atoms with Crippen LogP contribution in [-0.2, 0) is 0 Å². The van der Waals surface area contributed by atoms with Gasteiger partial charge in [0, 0.05) is 0 Å². The molecular weight excluding hydrogens is 202 g/mol. The monoisotopic (exact) mass is 221 g/mol. The molecule has 1 fully saturated rings. The molecule has 0 saturated carbocycles. The van der Waals surface area contributed by atoms with Crippen LogP contribution in [0.15, 0.2) is 24.3 Å². The first-order chi connectivity index (χ1) is 7.83. The summed E-state index contributed by atoms with van der Waals surface area (Å²) in [5, 5.41) is 22.2. The van der Waals surface area contributed by atoms with Crippen molar-refractivity contribution in [3.8, 4) is 0 Å². The zero-order chi connectivity index (χ0) is 11.4. The van der Waals surface area contributed by atoms with Crippen LogP contribution in [0.3, 0.4) is 0 Å². The molecule has 0 amide bonds. The molecule has 1 aliphatic rings. The number of aliphatic hydroxyl groups excluding tert-OH is 2. The molecule has 3 nitrogen and oxygen atoms in total. The van der Waals surface area contributed by atoms with E-state index in [0.717, 1.165) is 31.5 Å². The number of benzene rings is 1. The van der Waals surface area contributed by atoms with Crippen molar-refractivity contribution in [3.63, 3.8) is 0 Å². The minimum atomic E-state index is -0.744. The summed E-state index contributed by atoms with van der Waals surface area (Å²) in [5.74, 6) is 0.513. The van der Waals surface area contributed by atoms with E-state index >= 15 is 0 Å². The highest BCUT2D eigenvalue weighted by Gasteiger charge is 2.20. The first-order valence-electron chi connectivity index (χ1n) is 5.91. The Bertz CT molecular complexity index is 334. The topological polar surface area (TPSA) is 52.5 Å². The molecule has 0 aliphatic carbocycles. The van der Waals surface area contributed by atoms with Gasteiger partial charge in [-0.3, -0.25) is 0 Å². The molecule has 1 atom stereocenters. The van der Waals surface area contributed by atoms with Crippen LogP contribution in [0.4, 0.5) is 0 Å². The highest BCUT2D eigenvalue weighted by Crippen LogP contribution is 2.30. The lowest BCUT2D eigenvalue weighted by atomic mass is 9.86. The smallest absolute Gasteiger partial charge is 0.102 e. The second-order valence-electron chi connectivity index (χ2n) is 4.35. The predicted octanol–water partition coefficient (Wildman–Crippen LogP) is 1.18. The summed E-state index contributed by atoms with van der Waals surface area (Å²) in [6.07, 6.45) is 1.47. The van der Waals surface area contributed by atoms with E-state index in [1.165, 1.54) is 5.56 Å². The van der Waals surface area contributed by atoms with E-state index in [4.69, 9.17) is 5.11 Å². The Balaban J connectivity index is 2.24. The van der Waals surface area contributed by atoms with Gasteiger partial charge in [0.2, 0.25) is 0 Å². The molecule has 1 saturated heterocycles. The first kappa shape index (κ1) is 11.6. The summed E-state index contributed by atoms with van der Waals surface area (Å²) < 4.78 is 0. The summed E-state index contributed by atoms with van der Waals surface area (Å²) >= 11 is 0. The molecule has 2 rings (SSSR count). The second kappa shape index (κ2) is 5.43. The molecule has 3 heteroatoms. The Morgan fingerprint density at radius 1 is 1.25 bits per heavy atom. The van der Waals surface area contributed by atoms with Crippen LogP contribution in [0.2, 0.25) is 0 Å². The van der Waals surface area contributed by atoms with Crippen molar-refractivity contribution < 1.29 is 10.2 Å². The molecule has 1 aromatic rings. The Labute approximate surface area is 96.1 Å². The van der Waals surface area contributed by atoms with Crippen molar-refractivity contribution >= 4 is 0 Å². The van der Waals surface area contributed by atoms with Crippen LogP contribution in [0, 0.1) is 0 Å². The third-order valence-corrected chi connectivity index (χ3v) is 3.31. The second-order valence-corrected chi connectivity index (χ2v) is 4.35. The molecule has 1 aromatic carbocycles. The van der Waals surface area contributed by atoms with Crippen molar-refractivity contribution in [2.45, 2.75) is 24.9 Å². The highest BCUT2D eigenvalue weighted by molar-refractivity contribution is 5.32. The molecule has 0 bridgehead atoms. The molecule has 16 heavy (non-hydrogen) atoms. The average Bonchev–Trinajstić information content (AvgIpc) is 2.39. The van der Waals surface area contributed by atoms with Crippen molar-refractivity contribution in [3.05, 3.63) is 35.4 Å². The fraction of sp³-hybridized carbons (Fsp3) is 0.538. The van der Waals surface area contributed by atoms with Gasteiger partial charge in [-0.15, -0.1) is 0 Å². The van der Waals surface area contributed by atoms with Gasteiger partial charge in [0.1, 0.15) is 6.10 Å². The predicted molar refractivity (Wildman–Crippen MR) is 63.3 cm³/mol.